The molecule has 96 valence electrons. The minimum atomic E-state index is -3.36. The smallest absolute Gasteiger partial charge is 0.264 e. The lowest BCUT2D eigenvalue weighted by molar-refractivity contribution is 0.199. The third kappa shape index (κ3) is 3.54. The normalized spacial score (nSPS) is 22.6. The van der Waals surface area contributed by atoms with Crippen LogP contribution in [-0.4, -0.2) is 20.8 Å². The van der Waals surface area contributed by atoms with Crippen molar-refractivity contribution in [1.29, 1.82) is 0 Å². The molecule has 0 unspecified atom stereocenters. The molecule has 0 saturated carbocycles. The Balaban J connectivity index is 0.000000686. The summed E-state index contributed by atoms with van der Waals surface area (Å²) < 4.78 is 27.2. The van der Waals surface area contributed by atoms with Gasteiger partial charge in [0.15, 0.2) is 0 Å². The van der Waals surface area contributed by atoms with E-state index in [9.17, 15) is 8.42 Å². The third-order valence-corrected chi connectivity index (χ3v) is 3.42. The number of benzene rings is 1. The second-order valence-electron chi connectivity index (χ2n) is 4.03. The maximum Gasteiger partial charge on any atom is 0.264 e. The predicted octanol–water partition coefficient (Wildman–Crippen LogP) is 2.72. The molecule has 0 bridgehead atoms. The maximum absolute atomic E-state index is 11.1. The molecular formula is C13H20O3S. The van der Waals surface area contributed by atoms with E-state index in [1.54, 1.807) is 0 Å². The highest BCUT2D eigenvalue weighted by Gasteiger charge is 2.31. The Labute approximate surface area is 104 Å². The Bertz CT molecular complexity index is 465. The first kappa shape index (κ1) is 14.2. The van der Waals surface area contributed by atoms with Crippen LogP contribution in [0.4, 0.5) is 0 Å². The molecule has 3 nitrogen and oxygen atoms in total. The van der Waals surface area contributed by atoms with Crippen LogP contribution in [0.5, 0.6) is 0 Å². The van der Waals surface area contributed by atoms with Crippen LogP contribution >= 0.6 is 0 Å². The molecule has 2 atom stereocenters. The molecule has 0 N–H and O–H groups in total. The third-order valence-electron chi connectivity index (χ3n) is 2.82. The summed E-state index contributed by atoms with van der Waals surface area (Å²) >= 11 is 0. The van der Waals surface area contributed by atoms with Gasteiger partial charge in [-0.15, -0.1) is 0 Å². The summed E-state index contributed by atoms with van der Waals surface area (Å²) in [6.07, 6.45) is 1.55. The van der Waals surface area contributed by atoms with Crippen molar-refractivity contribution in [2.75, 3.05) is 6.26 Å². The minimum Gasteiger partial charge on any atom is -0.266 e. The van der Waals surface area contributed by atoms with Crippen molar-refractivity contribution in [2.45, 2.75) is 39.2 Å². The lowest BCUT2D eigenvalue weighted by Gasteiger charge is -2.14. The van der Waals surface area contributed by atoms with E-state index in [2.05, 4.69) is 0 Å². The van der Waals surface area contributed by atoms with Crippen molar-refractivity contribution < 1.29 is 12.6 Å². The molecule has 0 radical (unpaired) electrons. The molecule has 1 aromatic carbocycles. The van der Waals surface area contributed by atoms with Crippen molar-refractivity contribution in [2.24, 2.45) is 0 Å². The van der Waals surface area contributed by atoms with Gasteiger partial charge in [-0.3, -0.25) is 4.18 Å². The number of fused-ring (bicyclic) bond motifs is 1. The molecule has 0 fully saturated rings. The summed E-state index contributed by atoms with van der Waals surface area (Å²) in [5.41, 5.74) is 2.39. The Morgan fingerprint density at radius 2 is 1.82 bits per heavy atom. The van der Waals surface area contributed by atoms with Gasteiger partial charge < -0.3 is 0 Å². The van der Waals surface area contributed by atoms with Crippen molar-refractivity contribution in [3.63, 3.8) is 0 Å². The minimum absolute atomic E-state index is 0.149. The molecule has 17 heavy (non-hydrogen) atoms. The van der Waals surface area contributed by atoms with Gasteiger partial charge in [0.1, 0.15) is 0 Å². The van der Waals surface area contributed by atoms with Crippen LogP contribution < -0.4 is 0 Å². The zero-order chi connectivity index (χ0) is 13.1. The summed E-state index contributed by atoms with van der Waals surface area (Å²) in [7, 11) is -3.36. The van der Waals surface area contributed by atoms with Gasteiger partial charge in [0.2, 0.25) is 0 Å². The van der Waals surface area contributed by atoms with E-state index in [1.165, 1.54) is 11.1 Å². The maximum atomic E-state index is 11.1. The summed E-state index contributed by atoms with van der Waals surface area (Å²) in [5, 5.41) is 0. The molecule has 0 saturated heterocycles. The monoisotopic (exact) mass is 256 g/mol. The molecule has 0 aliphatic heterocycles. The molecule has 2 rings (SSSR count). The second-order valence-corrected chi connectivity index (χ2v) is 5.63. The second kappa shape index (κ2) is 5.65. The van der Waals surface area contributed by atoms with Gasteiger partial charge in [-0.25, -0.2) is 0 Å². The molecule has 0 aromatic heterocycles. The fourth-order valence-electron chi connectivity index (χ4n) is 2.10. The Morgan fingerprint density at radius 3 is 2.35 bits per heavy atom. The van der Waals surface area contributed by atoms with Gasteiger partial charge in [-0.05, 0) is 11.1 Å². The number of rotatable bonds is 2. The lowest BCUT2D eigenvalue weighted by Crippen LogP contribution is -2.20. The van der Waals surface area contributed by atoms with E-state index in [-0.39, 0.29) is 12.0 Å². The van der Waals surface area contributed by atoms with Crippen LogP contribution in [0.1, 0.15) is 37.8 Å². The largest absolute Gasteiger partial charge is 0.266 e. The fraction of sp³-hybridized carbons (Fsp3) is 0.538. The van der Waals surface area contributed by atoms with Crippen LogP contribution in [0.2, 0.25) is 0 Å². The first-order valence-electron chi connectivity index (χ1n) is 5.93. The van der Waals surface area contributed by atoms with Crippen LogP contribution in [0.15, 0.2) is 24.3 Å². The van der Waals surface area contributed by atoms with E-state index >= 15 is 0 Å². The van der Waals surface area contributed by atoms with E-state index in [0.29, 0.717) is 6.42 Å². The SMILES string of the molecule is CC.C[C@H]1c2ccccc2C[C@@H]1OS(C)(=O)=O. The van der Waals surface area contributed by atoms with E-state index < -0.39 is 10.1 Å². The van der Waals surface area contributed by atoms with Crippen LogP contribution in [-0.2, 0) is 20.7 Å². The summed E-state index contributed by atoms with van der Waals surface area (Å²) in [6, 6.07) is 8.00. The van der Waals surface area contributed by atoms with Crippen LogP contribution in [0.25, 0.3) is 0 Å². The first-order chi connectivity index (χ1) is 7.97. The standard InChI is InChI=1S/C11H14O3S.C2H6/c1-8-10-6-4-3-5-9(10)7-11(8)14-15(2,12)13;1-2/h3-6,8,11H,7H2,1-2H3;1-2H3/t8-,11-;/m0./s1. The first-order valence-corrected chi connectivity index (χ1v) is 7.75. The zero-order valence-electron chi connectivity index (χ0n) is 10.8. The molecule has 0 amide bonds. The summed E-state index contributed by atoms with van der Waals surface area (Å²) in [6.45, 7) is 6.00. The number of hydrogen-bond acceptors (Lipinski definition) is 3. The highest BCUT2D eigenvalue weighted by atomic mass is 32.2. The fourth-order valence-corrected chi connectivity index (χ4v) is 2.78. The highest BCUT2D eigenvalue weighted by Crippen LogP contribution is 2.35. The quantitative estimate of drug-likeness (QED) is 0.764. The van der Waals surface area contributed by atoms with Crippen LogP contribution in [0, 0.1) is 0 Å². The van der Waals surface area contributed by atoms with E-state index in [0.717, 1.165) is 6.26 Å². The highest BCUT2D eigenvalue weighted by molar-refractivity contribution is 7.86. The Hall–Kier alpha value is -0.870. The summed E-state index contributed by atoms with van der Waals surface area (Å²) in [4.78, 5) is 0. The molecule has 0 heterocycles. The van der Waals surface area contributed by atoms with Crippen molar-refractivity contribution in [1.82, 2.24) is 0 Å². The van der Waals surface area contributed by atoms with Crippen molar-refractivity contribution in [3.05, 3.63) is 35.4 Å². The molecule has 0 spiro atoms. The average molecular weight is 256 g/mol. The molecule has 1 aliphatic carbocycles. The van der Waals surface area contributed by atoms with Gasteiger partial charge >= 0.3 is 0 Å². The van der Waals surface area contributed by atoms with Gasteiger partial charge in [0, 0.05) is 12.3 Å². The van der Waals surface area contributed by atoms with Gasteiger partial charge in [0.05, 0.1) is 12.4 Å². The van der Waals surface area contributed by atoms with Gasteiger partial charge in [-0.2, -0.15) is 8.42 Å². The predicted molar refractivity (Wildman–Crippen MR) is 69.6 cm³/mol. The van der Waals surface area contributed by atoms with Crippen LogP contribution in [0.3, 0.4) is 0 Å². The molecule has 1 aliphatic rings. The van der Waals surface area contributed by atoms with E-state index in [4.69, 9.17) is 4.18 Å². The van der Waals surface area contributed by atoms with E-state index in [1.807, 2.05) is 45.0 Å². The zero-order valence-corrected chi connectivity index (χ0v) is 11.6. The van der Waals surface area contributed by atoms with Gasteiger partial charge in [-0.1, -0.05) is 45.0 Å². The molecular weight excluding hydrogens is 236 g/mol. The Kier molecular flexibility index (Phi) is 4.71. The average Bonchev–Trinajstić information content (AvgIpc) is 2.57. The molecule has 4 heteroatoms. The van der Waals surface area contributed by atoms with Crippen molar-refractivity contribution >= 4 is 10.1 Å². The Morgan fingerprint density at radius 1 is 1.24 bits per heavy atom. The van der Waals surface area contributed by atoms with Crippen molar-refractivity contribution in [3.8, 4) is 0 Å². The lowest BCUT2D eigenvalue weighted by atomic mass is 10.0. The summed E-state index contributed by atoms with van der Waals surface area (Å²) in [5.74, 6) is 0.149. The number of hydrogen-bond donors (Lipinski definition) is 0. The topological polar surface area (TPSA) is 43.4 Å². The van der Waals surface area contributed by atoms with Gasteiger partial charge in [0.25, 0.3) is 10.1 Å². The molecule has 1 aromatic rings.